The average molecular weight is 281 g/mol. The highest BCUT2D eigenvalue weighted by Gasteiger charge is 2.67. The maximum absolute atomic E-state index is 12.6. The van der Waals surface area contributed by atoms with Gasteiger partial charge in [-0.25, -0.2) is 0 Å². The van der Waals surface area contributed by atoms with Crippen molar-refractivity contribution < 1.29 is 9.90 Å². The second kappa shape index (κ2) is 5.10. The van der Waals surface area contributed by atoms with Crippen LogP contribution in [0, 0.1) is 16.7 Å². The number of nitrogens with zero attached hydrogens (tertiary/aromatic N) is 1. The number of aliphatic hydroxyl groups excluding tert-OH is 1. The molecule has 2 bridgehead atoms. The molecular weight excluding hydrogens is 250 g/mol. The molecule has 0 unspecified atom stereocenters. The lowest BCUT2D eigenvalue weighted by molar-refractivity contribution is -0.140. The minimum absolute atomic E-state index is 0.0525. The fourth-order valence-electron chi connectivity index (χ4n) is 4.87. The predicted octanol–water partition coefficient (Wildman–Crippen LogP) is 2.86. The van der Waals surface area contributed by atoms with Gasteiger partial charge in [0.05, 0.1) is 11.5 Å². The monoisotopic (exact) mass is 281 g/mol. The van der Waals surface area contributed by atoms with Gasteiger partial charge in [-0.05, 0) is 51.9 Å². The van der Waals surface area contributed by atoms with Gasteiger partial charge in [-0.2, -0.15) is 0 Å². The van der Waals surface area contributed by atoms with Crippen LogP contribution in [0.4, 0.5) is 0 Å². The maximum Gasteiger partial charge on any atom is 0.142 e. The highest BCUT2D eigenvalue weighted by Crippen LogP contribution is 2.65. The van der Waals surface area contributed by atoms with Crippen LogP contribution in [-0.2, 0) is 4.79 Å². The summed E-state index contributed by atoms with van der Waals surface area (Å²) in [6, 6.07) is 0.774. The number of rotatable bonds is 5. The molecule has 0 aliphatic heterocycles. The zero-order valence-electron chi connectivity index (χ0n) is 13.9. The molecule has 2 aliphatic rings. The molecule has 0 aromatic rings. The van der Waals surface area contributed by atoms with Crippen molar-refractivity contribution in [1.29, 1.82) is 0 Å². The van der Waals surface area contributed by atoms with E-state index in [1.807, 2.05) is 0 Å². The molecule has 2 rings (SSSR count). The van der Waals surface area contributed by atoms with Gasteiger partial charge >= 0.3 is 0 Å². The highest BCUT2D eigenvalue weighted by atomic mass is 16.3. The zero-order valence-corrected chi connectivity index (χ0v) is 13.9. The van der Waals surface area contributed by atoms with E-state index in [0.29, 0.717) is 36.8 Å². The molecule has 0 radical (unpaired) electrons. The lowest BCUT2D eigenvalue weighted by Gasteiger charge is -2.43. The third-order valence-electron chi connectivity index (χ3n) is 6.27. The smallest absolute Gasteiger partial charge is 0.142 e. The van der Waals surface area contributed by atoms with Crippen molar-refractivity contribution in [3.63, 3.8) is 0 Å². The Morgan fingerprint density at radius 3 is 2.15 bits per heavy atom. The summed E-state index contributed by atoms with van der Waals surface area (Å²) in [5.74, 6) is 0.773. The van der Waals surface area contributed by atoms with E-state index < -0.39 is 11.5 Å². The molecule has 0 amide bonds. The van der Waals surface area contributed by atoms with E-state index in [-0.39, 0.29) is 5.41 Å². The fourth-order valence-corrected chi connectivity index (χ4v) is 4.87. The van der Waals surface area contributed by atoms with Gasteiger partial charge in [0.2, 0.25) is 0 Å². The predicted molar refractivity (Wildman–Crippen MR) is 81.5 cm³/mol. The fraction of sp³-hybridized carbons (Fsp3) is 0.941. The maximum atomic E-state index is 12.6. The third-order valence-corrected chi connectivity index (χ3v) is 6.27. The number of hydrogen-bond acceptors (Lipinski definition) is 3. The lowest BCUT2D eigenvalue weighted by Crippen LogP contribution is -2.53. The van der Waals surface area contributed by atoms with Crippen LogP contribution >= 0.6 is 0 Å². The Morgan fingerprint density at radius 1 is 1.25 bits per heavy atom. The van der Waals surface area contributed by atoms with Gasteiger partial charge < -0.3 is 5.11 Å². The van der Waals surface area contributed by atoms with Crippen LogP contribution in [0.25, 0.3) is 0 Å². The van der Waals surface area contributed by atoms with E-state index in [1.54, 1.807) is 0 Å². The zero-order chi connectivity index (χ0) is 15.3. The molecule has 3 nitrogen and oxygen atoms in total. The Balaban J connectivity index is 2.23. The van der Waals surface area contributed by atoms with Crippen LogP contribution in [0.2, 0.25) is 0 Å². The second-order valence-electron chi connectivity index (χ2n) is 7.96. The molecule has 0 aromatic heterocycles. The van der Waals surface area contributed by atoms with Crippen LogP contribution in [0.5, 0.6) is 0 Å². The first-order chi connectivity index (χ1) is 9.14. The first-order valence-corrected chi connectivity index (χ1v) is 8.11. The molecule has 2 aliphatic carbocycles. The summed E-state index contributed by atoms with van der Waals surface area (Å²) >= 11 is 0. The Morgan fingerprint density at radius 2 is 1.80 bits per heavy atom. The summed E-state index contributed by atoms with van der Waals surface area (Å²) in [4.78, 5) is 14.9. The summed E-state index contributed by atoms with van der Waals surface area (Å²) in [6.07, 6.45) is 2.10. The standard InChI is InChI=1S/C17H31NO2/c1-11(2)18(12(3)4)10-15(20)17-8-7-13(9-14(17)19)16(17,5)6/h11-13,15,20H,7-10H2,1-6H3/t13-,15-,17+/m1/s1. The van der Waals surface area contributed by atoms with Crippen molar-refractivity contribution in [2.75, 3.05) is 6.54 Å². The van der Waals surface area contributed by atoms with E-state index >= 15 is 0 Å². The third kappa shape index (κ3) is 2.05. The minimum Gasteiger partial charge on any atom is -0.391 e. The molecule has 2 fully saturated rings. The number of hydrogen-bond donors (Lipinski definition) is 1. The van der Waals surface area contributed by atoms with Gasteiger partial charge in [-0.1, -0.05) is 13.8 Å². The van der Waals surface area contributed by atoms with Crippen molar-refractivity contribution in [1.82, 2.24) is 4.90 Å². The van der Waals surface area contributed by atoms with Crippen molar-refractivity contribution in [3.8, 4) is 0 Å². The first kappa shape index (κ1) is 16.0. The number of aliphatic hydroxyl groups is 1. The van der Waals surface area contributed by atoms with Gasteiger partial charge in [0.15, 0.2) is 0 Å². The van der Waals surface area contributed by atoms with Crippen LogP contribution in [0.15, 0.2) is 0 Å². The van der Waals surface area contributed by atoms with E-state index in [0.717, 1.165) is 12.8 Å². The minimum atomic E-state index is -0.540. The number of carbonyl (C=O) groups excluding carboxylic acids is 1. The molecular formula is C17H31NO2. The number of ketones is 1. The molecule has 0 spiro atoms. The van der Waals surface area contributed by atoms with Crippen molar-refractivity contribution >= 4 is 5.78 Å². The van der Waals surface area contributed by atoms with Gasteiger partial charge in [0.25, 0.3) is 0 Å². The Kier molecular flexibility index (Phi) is 4.07. The molecule has 1 N–H and O–H groups in total. The van der Waals surface area contributed by atoms with Crippen molar-refractivity contribution in [2.45, 2.75) is 79.0 Å². The first-order valence-electron chi connectivity index (χ1n) is 8.11. The summed E-state index contributed by atoms with van der Waals surface area (Å²) < 4.78 is 0. The van der Waals surface area contributed by atoms with E-state index in [9.17, 15) is 9.90 Å². The molecule has 0 aromatic carbocycles. The van der Waals surface area contributed by atoms with Crippen LogP contribution in [0.3, 0.4) is 0 Å². The molecule has 0 heterocycles. The number of Topliss-reactive ketones (excluding diaryl/α,β-unsaturated/α-hetero) is 1. The number of carbonyl (C=O) groups is 1. The topological polar surface area (TPSA) is 40.5 Å². The highest BCUT2D eigenvalue weighted by molar-refractivity contribution is 5.90. The molecule has 0 saturated heterocycles. The normalized spacial score (nSPS) is 33.7. The van der Waals surface area contributed by atoms with E-state index in [4.69, 9.17) is 0 Å². The van der Waals surface area contributed by atoms with Gasteiger partial charge in [-0.3, -0.25) is 9.69 Å². The number of fused-ring (bicyclic) bond motifs is 2. The van der Waals surface area contributed by atoms with Gasteiger partial charge in [-0.15, -0.1) is 0 Å². The lowest BCUT2D eigenvalue weighted by atomic mass is 9.65. The Labute approximate surface area is 123 Å². The Hall–Kier alpha value is -0.410. The quantitative estimate of drug-likeness (QED) is 0.842. The molecule has 116 valence electrons. The van der Waals surface area contributed by atoms with Gasteiger partial charge in [0, 0.05) is 25.0 Å². The van der Waals surface area contributed by atoms with Crippen molar-refractivity contribution in [2.24, 2.45) is 16.7 Å². The average Bonchev–Trinajstić information content (AvgIpc) is 2.69. The van der Waals surface area contributed by atoms with Crippen LogP contribution in [-0.4, -0.2) is 40.5 Å². The van der Waals surface area contributed by atoms with Crippen LogP contribution < -0.4 is 0 Å². The summed E-state index contributed by atoms with van der Waals surface area (Å²) in [6.45, 7) is 13.6. The molecule has 3 atom stereocenters. The second-order valence-corrected chi connectivity index (χ2v) is 7.96. The summed E-state index contributed by atoms with van der Waals surface area (Å²) in [5.41, 5.74) is -0.553. The van der Waals surface area contributed by atoms with Gasteiger partial charge in [0.1, 0.15) is 5.78 Å². The van der Waals surface area contributed by atoms with E-state index in [2.05, 4.69) is 46.4 Å². The molecule has 3 heteroatoms. The SMILES string of the molecule is CC(C)N(C[C@@H](O)[C@]12CC[C@H](CC1=O)C2(C)C)C(C)C. The Bertz CT molecular complexity index is 380. The largest absolute Gasteiger partial charge is 0.391 e. The van der Waals surface area contributed by atoms with Crippen molar-refractivity contribution in [3.05, 3.63) is 0 Å². The molecule has 2 saturated carbocycles. The summed E-state index contributed by atoms with van der Waals surface area (Å²) in [7, 11) is 0. The van der Waals surface area contributed by atoms with E-state index in [1.165, 1.54) is 0 Å². The van der Waals surface area contributed by atoms with Crippen LogP contribution in [0.1, 0.15) is 60.8 Å². The molecule has 20 heavy (non-hydrogen) atoms. The summed E-state index contributed by atoms with van der Waals surface area (Å²) in [5, 5.41) is 10.9.